The van der Waals surface area contributed by atoms with Gasteiger partial charge in [0.2, 0.25) is 0 Å². The number of carbonyl (C=O) groups is 2. The molecular weight excluding hydrogens is 356 g/mol. The number of phenolic OH excluding ortho intramolecular Hbond substituents is 2. The molecule has 0 saturated heterocycles. The van der Waals surface area contributed by atoms with Crippen LogP contribution in [0.25, 0.3) is 0 Å². The maximum Gasteiger partial charge on any atom is 0.196 e. The molecule has 0 spiro atoms. The van der Waals surface area contributed by atoms with E-state index in [9.17, 15) is 19.8 Å². The Labute approximate surface area is 167 Å². The van der Waals surface area contributed by atoms with Crippen LogP contribution in [-0.2, 0) is 4.74 Å². The standard InChI is InChI=1S/C23H32O5/c1-4-5-6-7-8-13-28-20(12-9-15(2)3)16-14-19(26)21-17(24)10-11-18(25)22(21)23(16)27/h10-11,14-15,20,24-25H,4-9,12-13H2,1-3H3. The van der Waals surface area contributed by atoms with Gasteiger partial charge in [-0.3, -0.25) is 9.59 Å². The van der Waals surface area contributed by atoms with Gasteiger partial charge in [0.1, 0.15) is 11.5 Å². The van der Waals surface area contributed by atoms with Crippen molar-refractivity contribution in [3.05, 3.63) is 34.9 Å². The van der Waals surface area contributed by atoms with Crippen molar-refractivity contribution < 1.29 is 24.5 Å². The molecule has 0 fully saturated rings. The van der Waals surface area contributed by atoms with E-state index in [1.165, 1.54) is 31.1 Å². The maximum atomic E-state index is 13.0. The highest BCUT2D eigenvalue weighted by atomic mass is 16.5. The number of hydrogen-bond acceptors (Lipinski definition) is 5. The zero-order valence-corrected chi connectivity index (χ0v) is 17.2. The number of aromatic hydroxyl groups is 2. The Hall–Kier alpha value is -2.14. The molecule has 0 amide bonds. The minimum Gasteiger partial charge on any atom is -0.507 e. The van der Waals surface area contributed by atoms with E-state index in [2.05, 4.69) is 20.8 Å². The minimum absolute atomic E-state index is 0.122. The van der Waals surface area contributed by atoms with Crippen molar-refractivity contribution in [2.75, 3.05) is 6.61 Å². The number of fused-ring (bicyclic) bond motifs is 1. The zero-order chi connectivity index (χ0) is 20.7. The molecule has 1 aliphatic rings. The van der Waals surface area contributed by atoms with Crippen LogP contribution in [0.2, 0.25) is 0 Å². The minimum atomic E-state index is -0.486. The highest BCUT2D eigenvalue weighted by Gasteiger charge is 2.34. The van der Waals surface area contributed by atoms with Gasteiger partial charge in [0.15, 0.2) is 11.6 Å². The second-order valence-electron chi connectivity index (χ2n) is 7.89. The number of Topliss-reactive ketones (excluding diaryl/α,β-unsaturated/α-hetero) is 1. The normalized spacial score (nSPS) is 14.9. The van der Waals surface area contributed by atoms with Crippen LogP contribution in [0, 0.1) is 5.92 Å². The summed E-state index contributed by atoms with van der Waals surface area (Å²) >= 11 is 0. The highest BCUT2D eigenvalue weighted by molar-refractivity contribution is 6.26. The van der Waals surface area contributed by atoms with Gasteiger partial charge in [-0.15, -0.1) is 0 Å². The fourth-order valence-electron chi connectivity index (χ4n) is 3.47. The third kappa shape index (κ3) is 5.44. The first-order valence-corrected chi connectivity index (χ1v) is 10.3. The molecule has 5 heteroatoms. The lowest BCUT2D eigenvalue weighted by Gasteiger charge is -2.25. The Morgan fingerprint density at radius 2 is 1.57 bits per heavy atom. The van der Waals surface area contributed by atoms with Crippen molar-refractivity contribution in [3.63, 3.8) is 0 Å². The number of rotatable bonds is 11. The molecule has 1 aromatic rings. The molecule has 1 unspecified atom stereocenters. The number of ether oxygens (including phenoxy) is 1. The van der Waals surface area contributed by atoms with Crippen LogP contribution in [0.3, 0.4) is 0 Å². The monoisotopic (exact) mass is 388 g/mol. The fourth-order valence-corrected chi connectivity index (χ4v) is 3.47. The number of ketones is 2. The predicted molar refractivity (Wildman–Crippen MR) is 109 cm³/mol. The van der Waals surface area contributed by atoms with Crippen molar-refractivity contribution in [2.24, 2.45) is 5.92 Å². The average molecular weight is 389 g/mol. The summed E-state index contributed by atoms with van der Waals surface area (Å²) < 4.78 is 6.03. The Balaban J connectivity index is 2.18. The van der Waals surface area contributed by atoms with Crippen molar-refractivity contribution in [1.29, 1.82) is 0 Å². The topological polar surface area (TPSA) is 83.8 Å². The molecule has 0 bridgehead atoms. The molecule has 0 aliphatic heterocycles. The average Bonchev–Trinajstić information content (AvgIpc) is 2.65. The molecule has 28 heavy (non-hydrogen) atoms. The number of hydrogen-bond donors (Lipinski definition) is 2. The van der Waals surface area contributed by atoms with Gasteiger partial charge in [-0.1, -0.05) is 46.5 Å². The third-order valence-electron chi connectivity index (χ3n) is 5.10. The zero-order valence-electron chi connectivity index (χ0n) is 17.2. The molecule has 0 saturated carbocycles. The lowest BCUT2D eigenvalue weighted by molar-refractivity contribution is 0.0586. The first-order valence-electron chi connectivity index (χ1n) is 10.3. The van der Waals surface area contributed by atoms with E-state index in [0.717, 1.165) is 25.7 Å². The molecule has 0 aromatic heterocycles. The second kappa shape index (κ2) is 10.4. The van der Waals surface area contributed by atoms with Crippen LogP contribution < -0.4 is 0 Å². The number of phenols is 2. The Morgan fingerprint density at radius 1 is 0.929 bits per heavy atom. The number of benzene rings is 1. The predicted octanol–water partition coefficient (Wildman–Crippen LogP) is 5.20. The highest BCUT2D eigenvalue weighted by Crippen LogP contribution is 2.36. The van der Waals surface area contributed by atoms with Crippen LogP contribution >= 0.6 is 0 Å². The SMILES string of the molecule is CCCCCCCOC(CCC(C)C)C1=CC(=O)c2c(O)ccc(O)c2C1=O. The Morgan fingerprint density at radius 3 is 2.21 bits per heavy atom. The lowest BCUT2D eigenvalue weighted by Crippen LogP contribution is -2.28. The van der Waals surface area contributed by atoms with E-state index in [4.69, 9.17) is 4.74 Å². The molecule has 1 aromatic carbocycles. The van der Waals surface area contributed by atoms with Gasteiger partial charge in [0.05, 0.1) is 17.2 Å². The van der Waals surface area contributed by atoms with Crippen LogP contribution in [-0.4, -0.2) is 34.5 Å². The van der Waals surface area contributed by atoms with Crippen LogP contribution in [0.1, 0.15) is 86.4 Å². The first-order chi connectivity index (χ1) is 13.4. The van der Waals surface area contributed by atoms with E-state index in [1.807, 2.05) is 0 Å². The lowest BCUT2D eigenvalue weighted by atomic mass is 9.84. The Bertz CT molecular complexity index is 733. The molecule has 0 radical (unpaired) electrons. The second-order valence-corrected chi connectivity index (χ2v) is 7.89. The number of allylic oxidation sites excluding steroid dienone is 1. The molecule has 2 N–H and O–H groups in total. The summed E-state index contributed by atoms with van der Waals surface area (Å²) in [5, 5.41) is 20.1. The van der Waals surface area contributed by atoms with E-state index >= 15 is 0 Å². The van der Waals surface area contributed by atoms with Gasteiger partial charge in [-0.05, 0) is 43.4 Å². The molecule has 154 valence electrons. The summed E-state index contributed by atoms with van der Waals surface area (Å²) in [4.78, 5) is 25.6. The van der Waals surface area contributed by atoms with Gasteiger partial charge in [0, 0.05) is 12.2 Å². The van der Waals surface area contributed by atoms with E-state index in [-0.39, 0.29) is 28.2 Å². The largest absolute Gasteiger partial charge is 0.507 e. The smallest absolute Gasteiger partial charge is 0.196 e. The summed E-state index contributed by atoms with van der Waals surface area (Å²) in [6.45, 7) is 6.90. The molecule has 1 aliphatic carbocycles. The van der Waals surface area contributed by atoms with E-state index in [0.29, 0.717) is 18.9 Å². The molecule has 5 nitrogen and oxygen atoms in total. The van der Waals surface area contributed by atoms with Gasteiger partial charge in [0.25, 0.3) is 0 Å². The van der Waals surface area contributed by atoms with Gasteiger partial charge >= 0.3 is 0 Å². The number of carbonyl (C=O) groups excluding carboxylic acids is 2. The van der Waals surface area contributed by atoms with Crippen LogP contribution in [0.5, 0.6) is 11.5 Å². The van der Waals surface area contributed by atoms with Crippen molar-refractivity contribution in [3.8, 4) is 11.5 Å². The van der Waals surface area contributed by atoms with Crippen LogP contribution in [0.4, 0.5) is 0 Å². The summed E-state index contributed by atoms with van der Waals surface area (Å²) in [6, 6.07) is 2.46. The summed E-state index contributed by atoms with van der Waals surface area (Å²) in [7, 11) is 0. The molecule has 0 heterocycles. The van der Waals surface area contributed by atoms with Crippen LogP contribution in [0.15, 0.2) is 23.8 Å². The van der Waals surface area contributed by atoms with Crippen molar-refractivity contribution in [2.45, 2.75) is 71.8 Å². The van der Waals surface area contributed by atoms with Gasteiger partial charge in [-0.25, -0.2) is 0 Å². The maximum absolute atomic E-state index is 13.0. The van der Waals surface area contributed by atoms with E-state index < -0.39 is 17.7 Å². The van der Waals surface area contributed by atoms with Gasteiger partial charge in [-0.2, -0.15) is 0 Å². The van der Waals surface area contributed by atoms with Gasteiger partial charge < -0.3 is 14.9 Å². The summed E-state index contributed by atoms with van der Waals surface area (Å²) in [5.41, 5.74) is 0.0205. The third-order valence-corrected chi connectivity index (χ3v) is 5.10. The summed E-state index contributed by atoms with van der Waals surface area (Å²) in [5.74, 6) is -1.06. The molecule has 2 rings (SSSR count). The van der Waals surface area contributed by atoms with E-state index in [1.54, 1.807) is 0 Å². The van der Waals surface area contributed by atoms with Crippen molar-refractivity contribution >= 4 is 11.6 Å². The Kier molecular flexibility index (Phi) is 8.24. The first kappa shape index (κ1) is 22.2. The van der Waals surface area contributed by atoms with Crippen molar-refractivity contribution in [1.82, 2.24) is 0 Å². The quantitative estimate of drug-likeness (QED) is 0.402. The number of unbranched alkanes of at least 4 members (excludes halogenated alkanes) is 4. The molecule has 1 atom stereocenters. The molecular formula is C23H32O5. The fraction of sp³-hybridized carbons (Fsp3) is 0.565. The summed E-state index contributed by atoms with van der Waals surface area (Å²) in [6.07, 6.45) is 7.81.